The molecular weight excluding hydrogens is 254 g/mol. The van der Waals surface area contributed by atoms with Gasteiger partial charge in [-0.3, -0.25) is 10.1 Å². The molecule has 1 atom stereocenters. The molecular formula is C15H29N3O2. The van der Waals surface area contributed by atoms with Crippen LogP contribution in [0.5, 0.6) is 0 Å². The van der Waals surface area contributed by atoms with Gasteiger partial charge in [0.05, 0.1) is 24.9 Å². The highest BCUT2D eigenvalue weighted by Gasteiger charge is 2.58. The minimum absolute atomic E-state index is 0.197. The summed E-state index contributed by atoms with van der Waals surface area (Å²) in [6.45, 7) is 7.39. The number of hydrogen-bond donors (Lipinski definition) is 1. The van der Waals surface area contributed by atoms with Crippen LogP contribution in [0.15, 0.2) is 0 Å². The number of nitrogens with one attached hydrogen (secondary N) is 1. The van der Waals surface area contributed by atoms with Crippen LogP contribution in [0.1, 0.15) is 33.1 Å². The van der Waals surface area contributed by atoms with Crippen molar-refractivity contribution in [2.24, 2.45) is 5.92 Å². The highest BCUT2D eigenvalue weighted by molar-refractivity contribution is 5.91. The average Bonchev–Trinajstić information content (AvgIpc) is 3.07. The SMILES string of the molecule is CC(C)CC1NC2(CC2)C(=O)N1CCOCCN(C)C. The van der Waals surface area contributed by atoms with Crippen LogP contribution in [0.2, 0.25) is 0 Å². The number of carbonyl (C=O) groups is 1. The minimum Gasteiger partial charge on any atom is -0.378 e. The number of likely N-dealkylation sites (N-methyl/N-ethyl adjacent to an activating group) is 1. The smallest absolute Gasteiger partial charge is 0.244 e. The number of ether oxygens (including phenoxy) is 1. The normalized spacial score (nSPS) is 24.4. The molecule has 116 valence electrons. The van der Waals surface area contributed by atoms with E-state index in [4.69, 9.17) is 4.74 Å². The summed E-state index contributed by atoms with van der Waals surface area (Å²) in [6, 6.07) is 0. The molecule has 0 aromatic heterocycles. The molecule has 2 fully saturated rings. The zero-order valence-electron chi connectivity index (χ0n) is 13.3. The summed E-state index contributed by atoms with van der Waals surface area (Å²) >= 11 is 0. The fourth-order valence-electron chi connectivity index (χ4n) is 2.76. The molecule has 0 aromatic rings. The summed E-state index contributed by atoms with van der Waals surface area (Å²) in [4.78, 5) is 16.6. The molecule has 0 bridgehead atoms. The Kier molecular flexibility index (Phi) is 5.04. The van der Waals surface area contributed by atoms with Crippen molar-refractivity contribution in [2.45, 2.75) is 44.8 Å². The Morgan fingerprint density at radius 2 is 2.10 bits per heavy atom. The van der Waals surface area contributed by atoms with Crippen molar-refractivity contribution >= 4 is 5.91 Å². The number of rotatable bonds is 8. The van der Waals surface area contributed by atoms with Crippen LogP contribution in [-0.4, -0.2) is 67.8 Å². The van der Waals surface area contributed by atoms with E-state index in [1.165, 1.54) is 0 Å². The molecule has 1 saturated heterocycles. The Morgan fingerprint density at radius 1 is 1.40 bits per heavy atom. The molecule has 1 saturated carbocycles. The van der Waals surface area contributed by atoms with Crippen molar-refractivity contribution < 1.29 is 9.53 Å². The first-order valence-corrected chi connectivity index (χ1v) is 7.76. The second-order valence-corrected chi connectivity index (χ2v) is 6.79. The predicted octanol–water partition coefficient (Wildman–Crippen LogP) is 0.901. The highest BCUT2D eigenvalue weighted by atomic mass is 16.5. The molecule has 2 rings (SSSR count). The molecule has 0 radical (unpaired) electrons. The molecule has 0 aromatic carbocycles. The predicted molar refractivity (Wildman–Crippen MR) is 79.4 cm³/mol. The fourth-order valence-corrected chi connectivity index (χ4v) is 2.76. The second kappa shape index (κ2) is 6.41. The number of amides is 1. The summed E-state index contributed by atoms with van der Waals surface area (Å²) in [5.74, 6) is 0.880. The summed E-state index contributed by atoms with van der Waals surface area (Å²) in [7, 11) is 4.07. The monoisotopic (exact) mass is 283 g/mol. The highest BCUT2D eigenvalue weighted by Crippen LogP contribution is 2.42. The van der Waals surface area contributed by atoms with Gasteiger partial charge in [0.1, 0.15) is 0 Å². The molecule has 1 unspecified atom stereocenters. The van der Waals surface area contributed by atoms with Gasteiger partial charge in [-0.2, -0.15) is 0 Å². The molecule has 1 amide bonds. The maximum absolute atomic E-state index is 12.5. The van der Waals surface area contributed by atoms with E-state index < -0.39 is 0 Å². The summed E-state index contributed by atoms with van der Waals surface area (Å²) < 4.78 is 5.63. The molecule has 2 aliphatic rings. The Balaban J connectivity index is 1.79. The van der Waals surface area contributed by atoms with E-state index in [9.17, 15) is 4.79 Å². The molecule has 1 N–H and O–H groups in total. The first-order valence-electron chi connectivity index (χ1n) is 7.76. The molecule has 1 aliphatic carbocycles. The molecule has 1 spiro atoms. The van der Waals surface area contributed by atoms with Crippen molar-refractivity contribution in [2.75, 3.05) is 40.4 Å². The van der Waals surface area contributed by atoms with Crippen molar-refractivity contribution in [1.82, 2.24) is 15.1 Å². The molecule has 1 heterocycles. The van der Waals surface area contributed by atoms with Crippen LogP contribution < -0.4 is 5.32 Å². The molecule has 5 nitrogen and oxygen atoms in total. The summed E-state index contributed by atoms with van der Waals surface area (Å²) in [5, 5.41) is 3.54. The zero-order chi connectivity index (χ0) is 14.8. The summed E-state index contributed by atoms with van der Waals surface area (Å²) in [5.41, 5.74) is -0.205. The van der Waals surface area contributed by atoms with Crippen LogP contribution >= 0.6 is 0 Å². The Labute approximate surface area is 122 Å². The van der Waals surface area contributed by atoms with Crippen molar-refractivity contribution in [3.8, 4) is 0 Å². The number of carbonyl (C=O) groups excluding carboxylic acids is 1. The van der Waals surface area contributed by atoms with Crippen molar-refractivity contribution in [1.29, 1.82) is 0 Å². The van der Waals surface area contributed by atoms with Crippen LogP contribution in [0.4, 0.5) is 0 Å². The Bertz CT molecular complexity index is 340. The van der Waals surface area contributed by atoms with E-state index in [1.807, 2.05) is 19.0 Å². The molecule has 20 heavy (non-hydrogen) atoms. The van der Waals surface area contributed by atoms with Crippen LogP contribution in [0.3, 0.4) is 0 Å². The van der Waals surface area contributed by atoms with Gasteiger partial charge >= 0.3 is 0 Å². The fraction of sp³-hybridized carbons (Fsp3) is 0.933. The zero-order valence-corrected chi connectivity index (χ0v) is 13.3. The number of nitrogens with zero attached hydrogens (tertiary/aromatic N) is 2. The van der Waals surface area contributed by atoms with Crippen molar-refractivity contribution in [3.05, 3.63) is 0 Å². The van der Waals surface area contributed by atoms with Gasteiger partial charge in [0.15, 0.2) is 0 Å². The maximum atomic E-state index is 12.5. The van der Waals surface area contributed by atoms with Crippen LogP contribution in [-0.2, 0) is 9.53 Å². The quantitative estimate of drug-likeness (QED) is 0.672. The third kappa shape index (κ3) is 3.71. The maximum Gasteiger partial charge on any atom is 0.244 e. The topological polar surface area (TPSA) is 44.8 Å². The van der Waals surface area contributed by atoms with Gasteiger partial charge in [0.2, 0.25) is 5.91 Å². The van der Waals surface area contributed by atoms with Gasteiger partial charge in [-0.15, -0.1) is 0 Å². The van der Waals surface area contributed by atoms with Gasteiger partial charge in [-0.05, 0) is 39.3 Å². The van der Waals surface area contributed by atoms with Gasteiger partial charge in [0, 0.05) is 13.1 Å². The molecule has 1 aliphatic heterocycles. The first kappa shape index (κ1) is 15.7. The standard InChI is InChI=1S/C15H29N3O2/c1-12(2)11-13-16-15(5-6-15)14(19)18(13)8-10-20-9-7-17(3)4/h12-13,16H,5-11H2,1-4H3. The van der Waals surface area contributed by atoms with Gasteiger partial charge in [-0.1, -0.05) is 13.8 Å². The Morgan fingerprint density at radius 3 is 2.65 bits per heavy atom. The van der Waals surface area contributed by atoms with E-state index >= 15 is 0 Å². The van der Waals surface area contributed by atoms with Crippen LogP contribution in [0, 0.1) is 5.92 Å². The lowest BCUT2D eigenvalue weighted by molar-refractivity contribution is -0.131. The van der Waals surface area contributed by atoms with Crippen molar-refractivity contribution in [3.63, 3.8) is 0 Å². The first-order chi connectivity index (χ1) is 9.44. The average molecular weight is 283 g/mol. The van der Waals surface area contributed by atoms with E-state index in [0.29, 0.717) is 25.0 Å². The van der Waals surface area contributed by atoms with E-state index in [2.05, 4.69) is 24.1 Å². The third-order valence-corrected chi connectivity index (χ3v) is 4.09. The van der Waals surface area contributed by atoms with E-state index in [-0.39, 0.29) is 11.7 Å². The lowest BCUT2D eigenvalue weighted by Crippen LogP contribution is -2.40. The molecule has 5 heteroatoms. The second-order valence-electron chi connectivity index (χ2n) is 6.79. The lowest BCUT2D eigenvalue weighted by Gasteiger charge is -2.25. The number of hydrogen-bond acceptors (Lipinski definition) is 4. The van der Waals surface area contributed by atoms with E-state index in [0.717, 1.165) is 32.4 Å². The largest absolute Gasteiger partial charge is 0.378 e. The van der Waals surface area contributed by atoms with E-state index in [1.54, 1.807) is 0 Å². The van der Waals surface area contributed by atoms with Gasteiger partial charge in [0.25, 0.3) is 0 Å². The summed E-state index contributed by atoms with van der Waals surface area (Å²) in [6.07, 6.45) is 3.21. The van der Waals surface area contributed by atoms with Crippen LogP contribution in [0.25, 0.3) is 0 Å². The third-order valence-electron chi connectivity index (χ3n) is 4.09. The Hall–Kier alpha value is -0.650. The van der Waals surface area contributed by atoms with Gasteiger partial charge < -0.3 is 14.5 Å². The van der Waals surface area contributed by atoms with Gasteiger partial charge in [-0.25, -0.2) is 0 Å². The minimum atomic E-state index is -0.205. The lowest BCUT2D eigenvalue weighted by atomic mass is 10.1.